The number of nitrogens with zero attached hydrogens (tertiary/aromatic N) is 2. The number of aliphatic hydroxyl groups is 1. The molecule has 0 spiro atoms. The van der Waals surface area contributed by atoms with Crippen LogP contribution in [-0.4, -0.2) is 33.3 Å². The van der Waals surface area contributed by atoms with E-state index in [1.807, 2.05) is 0 Å². The normalized spacial score (nSPS) is 17.0. The molecule has 5 heteroatoms. The van der Waals surface area contributed by atoms with Crippen molar-refractivity contribution in [1.29, 1.82) is 0 Å². The monoisotopic (exact) mass is 251 g/mol. The lowest BCUT2D eigenvalue weighted by Crippen LogP contribution is -2.41. The van der Waals surface area contributed by atoms with Crippen LogP contribution in [0, 0.1) is 6.92 Å². The van der Waals surface area contributed by atoms with E-state index in [2.05, 4.69) is 15.4 Å². The highest BCUT2D eigenvalue weighted by Crippen LogP contribution is 2.23. The van der Waals surface area contributed by atoms with Crippen molar-refractivity contribution in [2.24, 2.45) is 0 Å². The van der Waals surface area contributed by atoms with Gasteiger partial charge >= 0.3 is 0 Å². The minimum atomic E-state index is -0.0994. The fourth-order valence-corrected chi connectivity index (χ4v) is 2.26. The minimum Gasteiger partial charge on any atom is -0.506 e. The van der Waals surface area contributed by atoms with Crippen molar-refractivity contribution in [3.8, 4) is 5.75 Å². The van der Waals surface area contributed by atoms with E-state index in [-0.39, 0.29) is 12.4 Å². The van der Waals surface area contributed by atoms with Gasteiger partial charge in [0.1, 0.15) is 5.75 Å². The van der Waals surface area contributed by atoms with Crippen molar-refractivity contribution >= 4 is 0 Å². The molecular weight excluding hydrogens is 230 g/mol. The lowest BCUT2D eigenvalue weighted by atomic mass is 10.1. The summed E-state index contributed by atoms with van der Waals surface area (Å²) in [5, 5.41) is 21.5. The first-order valence-electron chi connectivity index (χ1n) is 6.48. The molecular formula is C13H21N3O2. The zero-order valence-corrected chi connectivity index (χ0v) is 10.8. The summed E-state index contributed by atoms with van der Waals surface area (Å²) in [6, 6.07) is 0. The van der Waals surface area contributed by atoms with Crippen LogP contribution in [0.2, 0.25) is 0 Å². The summed E-state index contributed by atoms with van der Waals surface area (Å²) in [6.07, 6.45) is 5.34. The van der Waals surface area contributed by atoms with Crippen LogP contribution in [0.5, 0.6) is 5.75 Å². The third kappa shape index (κ3) is 2.98. The van der Waals surface area contributed by atoms with E-state index in [4.69, 9.17) is 0 Å². The van der Waals surface area contributed by atoms with Gasteiger partial charge in [0.2, 0.25) is 0 Å². The Morgan fingerprint density at radius 3 is 2.72 bits per heavy atom. The number of aryl methyl sites for hydroxylation is 1. The van der Waals surface area contributed by atoms with Crippen LogP contribution >= 0.6 is 0 Å². The second-order valence-corrected chi connectivity index (χ2v) is 4.74. The van der Waals surface area contributed by atoms with Crippen molar-refractivity contribution < 1.29 is 10.2 Å². The zero-order valence-electron chi connectivity index (χ0n) is 10.8. The third-order valence-corrected chi connectivity index (χ3v) is 3.44. The molecule has 0 radical (unpaired) electrons. The maximum absolute atomic E-state index is 10.0. The highest BCUT2D eigenvalue weighted by Gasteiger charge is 2.14. The average Bonchev–Trinajstić information content (AvgIpc) is 2.41. The minimum absolute atomic E-state index is 0.0994. The van der Waals surface area contributed by atoms with Crippen LogP contribution < -0.4 is 5.43 Å². The molecule has 1 aliphatic heterocycles. The number of aliphatic hydroxyl groups excluding tert-OH is 1. The summed E-state index contributed by atoms with van der Waals surface area (Å²) in [5.41, 5.74) is 5.34. The van der Waals surface area contributed by atoms with Crippen molar-refractivity contribution in [3.05, 3.63) is 23.0 Å². The van der Waals surface area contributed by atoms with Gasteiger partial charge in [-0.25, -0.2) is 5.01 Å². The Morgan fingerprint density at radius 1 is 1.33 bits per heavy atom. The summed E-state index contributed by atoms with van der Waals surface area (Å²) in [4.78, 5) is 4.05. The molecule has 100 valence electrons. The first kappa shape index (κ1) is 13.3. The number of piperidine rings is 1. The number of hydrogen-bond donors (Lipinski definition) is 3. The maximum Gasteiger partial charge on any atom is 0.141 e. The largest absolute Gasteiger partial charge is 0.506 e. The van der Waals surface area contributed by atoms with Gasteiger partial charge in [-0.2, -0.15) is 0 Å². The van der Waals surface area contributed by atoms with Crippen molar-refractivity contribution in [1.82, 2.24) is 15.4 Å². The number of hydrazine groups is 1. The van der Waals surface area contributed by atoms with Crippen molar-refractivity contribution in [3.63, 3.8) is 0 Å². The second-order valence-electron chi connectivity index (χ2n) is 4.74. The molecule has 1 aromatic rings. The van der Waals surface area contributed by atoms with Crippen LogP contribution in [0.3, 0.4) is 0 Å². The molecule has 1 saturated heterocycles. The molecule has 3 N–H and O–H groups in total. The molecule has 1 aromatic heterocycles. The molecule has 5 nitrogen and oxygen atoms in total. The SMILES string of the molecule is Cc1ncc(CO)c(CNN2CCCCC2)c1O. The Morgan fingerprint density at radius 2 is 2.06 bits per heavy atom. The summed E-state index contributed by atoms with van der Waals surface area (Å²) >= 11 is 0. The first-order valence-corrected chi connectivity index (χ1v) is 6.48. The van der Waals surface area contributed by atoms with E-state index >= 15 is 0 Å². The Bertz CT molecular complexity index is 403. The molecule has 1 aliphatic rings. The highest BCUT2D eigenvalue weighted by atomic mass is 16.3. The summed E-state index contributed by atoms with van der Waals surface area (Å²) in [6.45, 7) is 4.28. The number of pyridine rings is 1. The Hall–Kier alpha value is -1.17. The van der Waals surface area contributed by atoms with Crippen LogP contribution in [0.15, 0.2) is 6.20 Å². The quantitative estimate of drug-likeness (QED) is 0.747. The van der Waals surface area contributed by atoms with Gasteiger partial charge < -0.3 is 10.2 Å². The van der Waals surface area contributed by atoms with Crippen LogP contribution in [0.4, 0.5) is 0 Å². The van der Waals surface area contributed by atoms with Gasteiger partial charge in [-0.1, -0.05) is 6.42 Å². The van der Waals surface area contributed by atoms with E-state index < -0.39 is 0 Å². The molecule has 1 fully saturated rings. The number of nitrogens with one attached hydrogen (secondary N) is 1. The second kappa shape index (κ2) is 6.13. The average molecular weight is 251 g/mol. The smallest absolute Gasteiger partial charge is 0.141 e. The summed E-state index contributed by atoms with van der Waals surface area (Å²) in [5.74, 6) is 0.186. The lowest BCUT2D eigenvalue weighted by Gasteiger charge is -2.27. The van der Waals surface area contributed by atoms with Crippen molar-refractivity contribution in [2.45, 2.75) is 39.3 Å². The van der Waals surface area contributed by atoms with E-state index in [1.165, 1.54) is 19.3 Å². The van der Waals surface area contributed by atoms with Gasteiger partial charge in [0.25, 0.3) is 0 Å². The van der Waals surface area contributed by atoms with Crippen LogP contribution in [0.25, 0.3) is 0 Å². The number of aromatic nitrogens is 1. The fraction of sp³-hybridized carbons (Fsp3) is 0.615. The van der Waals surface area contributed by atoms with Gasteiger partial charge in [0, 0.05) is 37.0 Å². The molecule has 0 amide bonds. The van der Waals surface area contributed by atoms with Crippen LogP contribution in [-0.2, 0) is 13.2 Å². The van der Waals surface area contributed by atoms with Crippen LogP contribution in [0.1, 0.15) is 36.1 Å². The zero-order chi connectivity index (χ0) is 13.0. The number of aromatic hydroxyl groups is 1. The van der Waals surface area contributed by atoms with Gasteiger partial charge in [0.05, 0.1) is 12.3 Å². The molecule has 18 heavy (non-hydrogen) atoms. The lowest BCUT2D eigenvalue weighted by molar-refractivity contribution is 0.150. The first-order chi connectivity index (χ1) is 8.72. The van der Waals surface area contributed by atoms with E-state index in [1.54, 1.807) is 13.1 Å². The Kier molecular flexibility index (Phi) is 4.52. The molecule has 0 saturated carbocycles. The standard InChI is InChI=1S/C13H21N3O2/c1-10-13(18)12(11(9-17)7-14-10)8-15-16-5-3-2-4-6-16/h7,15,17-18H,2-6,8-9H2,1H3. The molecule has 0 aliphatic carbocycles. The Labute approximate surface area is 107 Å². The maximum atomic E-state index is 10.0. The van der Waals surface area contributed by atoms with E-state index in [0.29, 0.717) is 17.8 Å². The van der Waals surface area contributed by atoms with Gasteiger partial charge in [0.15, 0.2) is 0 Å². The number of hydrogen-bond acceptors (Lipinski definition) is 5. The summed E-state index contributed by atoms with van der Waals surface area (Å²) in [7, 11) is 0. The molecule has 0 aromatic carbocycles. The molecule has 0 bridgehead atoms. The van der Waals surface area contributed by atoms with Gasteiger partial charge in [-0.3, -0.25) is 10.4 Å². The van der Waals surface area contributed by atoms with E-state index in [0.717, 1.165) is 18.7 Å². The predicted octanol–water partition coefficient (Wildman–Crippen LogP) is 1.08. The molecule has 2 rings (SSSR count). The van der Waals surface area contributed by atoms with Gasteiger partial charge in [-0.05, 0) is 19.8 Å². The van der Waals surface area contributed by atoms with Crippen molar-refractivity contribution in [2.75, 3.05) is 13.1 Å². The Balaban J connectivity index is 2.05. The van der Waals surface area contributed by atoms with Gasteiger partial charge in [-0.15, -0.1) is 0 Å². The molecule has 0 atom stereocenters. The number of rotatable bonds is 4. The third-order valence-electron chi connectivity index (χ3n) is 3.44. The highest BCUT2D eigenvalue weighted by molar-refractivity contribution is 5.40. The fourth-order valence-electron chi connectivity index (χ4n) is 2.26. The summed E-state index contributed by atoms with van der Waals surface area (Å²) < 4.78 is 0. The predicted molar refractivity (Wildman–Crippen MR) is 68.8 cm³/mol. The van der Waals surface area contributed by atoms with E-state index in [9.17, 15) is 10.2 Å². The molecule has 2 heterocycles. The molecule has 0 unspecified atom stereocenters. The topological polar surface area (TPSA) is 68.6 Å².